The van der Waals surface area contributed by atoms with Crippen LogP contribution in [0.3, 0.4) is 0 Å². The molecule has 2 aromatic rings. The molecular formula is C19H22N2O4. The number of aromatic nitrogens is 1. The number of benzene rings is 1. The molecule has 25 heavy (non-hydrogen) atoms. The first-order chi connectivity index (χ1) is 12.1. The van der Waals surface area contributed by atoms with Crippen LogP contribution in [0.5, 0.6) is 0 Å². The second kappa shape index (κ2) is 7.51. The fourth-order valence-electron chi connectivity index (χ4n) is 3.26. The summed E-state index contributed by atoms with van der Waals surface area (Å²) in [4.78, 5) is 29.7. The first-order valence-corrected chi connectivity index (χ1v) is 8.60. The highest BCUT2D eigenvalue weighted by atomic mass is 16.4. The molecule has 1 saturated heterocycles. The summed E-state index contributed by atoms with van der Waals surface area (Å²) in [6.07, 6.45) is 2.80. The third-order valence-corrected chi connectivity index (χ3v) is 4.54. The number of carbonyl (C=O) groups is 2. The number of carboxylic acid groups (broad SMARTS) is 1. The van der Waals surface area contributed by atoms with E-state index >= 15 is 0 Å². The maximum atomic E-state index is 12.4. The predicted octanol–water partition coefficient (Wildman–Crippen LogP) is 3.05. The van der Waals surface area contributed by atoms with Crippen LogP contribution in [-0.2, 0) is 16.0 Å². The fraction of sp³-hybridized carbons (Fsp3) is 0.421. The molecule has 1 aromatic heterocycles. The number of piperidine rings is 1. The predicted molar refractivity (Wildman–Crippen MR) is 92.0 cm³/mol. The highest BCUT2D eigenvalue weighted by Crippen LogP contribution is 2.25. The molecule has 0 aliphatic carbocycles. The summed E-state index contributed by atoms with van der Waals surface area (Å²) < 4.78 is 5.81. The zero-order valence-corrected chi connectivity index (χ0v) is 14.3. The lowest BCUT2D eigenvalue weighted by molar-refractivity contribution is -0.152. The Hall–Kier alpha value is -2.63. The SMILES string of the molecule is Cc1nc(CCC(=O)N2CCCC[C@H]2C(=O)O)oc1-c1ccccc1. The molecule has 1 aliphatic heterocycles. The van der Waals surface area contributed by atoms with E-state index in [-0.39, 0.29) is 12.3 Å². The van der Waals surface area contributed by atoms with Crippen LogP contribution >= 0.6 is 0 Å². The van der Waals surface area contributed by atoms with E-state index in [4.69, 9.17) is 4.42 Å². The minimum absolute atomic E-state index is 0.149. The van der Waals surface area contributed by atoms with Crippen LogP contribution in [0.15, 0.2) is 34.7 Å². The van der Waals surface area contributed by atoms with Gasteiger partial charge in [0.25, 0.3) is 0 Å². The van der Waals surface area contributed by atoms with Gasteiger partial charge in [0.05, 0.1) is 5.69 Å². The summed E-state index contributed by atoms with van der Waals surface area (Å²) in [6.45, 7) is 2.39. The van der Waals surface area contributed by atoms with Crippen molar-refractivity contribution in [2.45, 2.75) is 45.1 Å². The largest absolute Gasteiger partial charge is 0.480 e. The van der Waals surface area contributed by atoms with Crippen LogP contribution in [0.1, 0.15) is 37.3 Å². The smallest absolute Gasteiger partial charge is 0.326 e. The molecule has 0 unspecified atom stereocenters. The fourth-order valence-corrected chi connectivity index (χ4v) is 3.26. The lowest BCUT2D eigenvalue weighted by Gasteiger charge is -2.32. The maximum Gasteiger partial charge on any atom is 0.326 e. The highest BCUT2D eigenvalue weighted by Gasteiger charge is 2.31. The first-order valence-electron chi connectivity index (χ1n) is 8.60. The van der Waals surface area contributed by atoms with Gasteiger partial charge in [0.15, 0.2) is 11.7 Å². The second-order valence-electron chi connectivity index (χ2n) is 6.33. The number of carboxylic acids is 1. The van der Waals surface area contributed by atoms with Crippen LogP contribution < -0.4 is 0 Å². The summed E-state index contributed by atoms with van der Waals surface area (Å²) in [6, 6.07) is 9.01. The highest BCUT2D eigenvalue weighted by molar-refractivity contribution is 5.84. The van der Waals surface area contributed by atoms with Gasteiger partial charge < -0.3 is 14.4 Å². The Morgan fingerprint density at radius 1 is 1.28 bits per heavy atom. The summed E-state index contributed by atoms with van der Waals surface area (Å²) in [5.41, 5.74) is 1.74. The Bertz CT molecular complexity index is 754. The van der Waals surface area contributed by atoms with E-state index in [0.29, 0.717) is 31.0 Å². The van der Waals surface area contributed by atoms with Crippen LogP contribution in [0.2, 0.25) is 0 Å². The van der Waals surface area contributed by atoms with Gasteiger partial charge in [-0.3, -0.25) is 4.79 Å². The summed E-state index contributed by atoms with van der Waals surface area (Å²) in [7, 11) is 0. The second-order valence-corrected chi connectivity index (χ2v) is 6.33. The molecule has 1 N–H and O–H groups in total. The van der Waals surface area contributed by atoms with Crippen molar-refractivity contribution in [1.29, 1.82) is 0 Å². The number of aliphatic carboxylic acids is 1. The van der Waals surface area contributed by atoms with E-state index in [0.717, 1.165) is 24.1 Å². The summed E-state index contributed by atoms with van der Waals surface area (Å²) in [5, 5.41) is 9.28. The van der Waals surface area contributed by atoms with Crippen molar-refractivity contribution in [1.82, 2.24) is 9.88 Å². The first kappa shape index (κ1) is 17.2. The number of hydrogen-bond donors (Lipinski definition) is 1. The van der Waals surface area contributed by atoms with Crippen molar-refractivity contribution in [3.63, 3.8) is 0 Å². The van der Waals surface area contributed by atoms with E-state index in [9.17, 15) is 14.7 Å². The summed E-state index contributed by atoms with van der Waals surface area (Å²) in [5.74, 6) is 0.147. The third kappa shape index (κ3) is 3.90. The molecule has 1 amide bonds. The van der Waals surface area contributed by atoms with Crippen molar-refractivity contribution in [2.24, 2.45) is 0 Å². The number of amides is 1. The van der Waals surface area contributed by atoms with Gasteiger partial charge in [0, 0.05) is 24.9 Å². The number of carbonyl (C=O) groups excluding carboxylic acids is 1. The molecule has 6 heteroatoms. The Morgan fingerprint density at radius 3 is 2.76 bits per heavy atom. The zero-order valence-electron chi connectivity index (χ0n) is 14.3. The minimum Gasteiger partial charge on any atom is -0.480 e. The van der Waals surface area contributed by atoms with Crippen molar-refractivity contribution < 1.29 is 19.1 Å². The van der Waals surface area contributed by atoms with Gasteiger partial charge in [-0.05, 0) is 26.2 Å². The van der Waals surface area contributed by atoms with Crippen molar-refractivity contribution >= 4 is 11.9 Å². The number of rotatable bonds is 5. The Morgan fingerprint density at radius 2 is 2.04 bits per heavy atom. The average Bonchev–Trinajstić information content (AvgIpc) is 3.01. The van der Waals surface area contributed by atoms with Crippen LogP contribution in [0.25, 0.3) is 11.3 Å². The molecule has 2 heterocycles. The van der Waals surface area contributed by atoms with Gasteiger partial charge >= 0.3 is 5.97 Å². The van der Waals surface area contributed by atoms with Crippen LogP contribution in [0, 0.1) is 6.92 Å². The molecule has 1 atom stereocenters. The molecule has 132 valence electrons. The third-order valence-electron chi connectivity index (χ3n) is 4.54. The zero-order chi connectivity index (χ0) is 17.8. The lowest BCUT2D eigenvalue weighted by Crippen LogP contribution is -2.48. The molecule has 1 fully saturated rings. The van der Waals surface area contributed by atoms with E-state index in [2.05, 4.69) is 4.98 Å². The van der Waals surface area contributed by atoms with E-state index < -0.39 is 12.0 Å². The normalized spacial score (nSPS) is 17.5. The average molecular weight is 342 g/mol. The summed E-state index contributed by atoms with van der Waals surface area (Å²) >= 11 is 0. The van der Waals surface area contributed by atoms with Gasteiger partial charge in [0.2, 0.25) is 5.91 Å². The molecule has 0 spiro atoms. The molecule has 6 nitrogen and oxygen atoms in total. The molecule has 3 rings (SSSR count). The quantitative estimate of drug-likeness (QED) is 0.903. The van der Waals surface area contributed by atoms with Crippen LogP contribution in [-0.4, -0.2) is 39.5 Å². The number of aryl methyl sites for hydroxylation is 2. The Labute approximate surface area is 146 Å². The molecular weight excluding hydrogens is 320 g/mol. The van der Waals surface area contributed by atoms with E-state index in [1.165, 1.54) is 4.90 Å². The van der Waals surface area contributed by atoms with Gasteiger partial charge in [0.1, 0.15) is 6.04 Å². The van der Waals surface area contributed by atoms with Gasteiger partial charge in [-0.1, -0.05) is 30.3 Å². The topological polar surface area (TPSA) is 83.6 Å². The van der Waals surface area contributed by atoms with Gasteiger partial charge in [-0.2, -0.15) is 0 Å². The van der Waals surface area contributed by atoms with Gasteiger partial charge in [-0.25, -0.2) is 9.78 Å². The van der Waals surface area contributed by atoms with E-state index in [1.807, 2.05) is 37.3 Å². The molecule has 0 bridgehead atoms. The van der Waals surface area contributed by atoms with Gasteiger partial charge in [-0.15, -0.1) is 0 Å². The molecule has 1 aliphatic rings. The van der Waals surface area contributed by atoms with Crippen molar-refractivity contribution in [2.75, 3.05) is 6.54 Å². The molecule has 0 saturated carbocycles. The molecule has 0 radical (unpaired) electrons. The number of hydrogen-bond acceptors (Lipinski definition) is 4. The monoisotopic (exact) mass is 342 g/mol. The Kier molecular flexibility index (Phi) is 5.16. The van der Waals surface area contributed by atoms with Crippen molar-refractivity contribution in [3.05, 3.63) is 41.9 Å². The molecule has 1 aromatic carbocycles. The minimum atomic E-state index is -0.925. The Balaban J connectivity index is 1.65. The standard InChI is InChI=1S/C19H22N2O4/c1-13-18(14-7-3-2-4-8-14)25-16(20-13)10-11-17(22)21-12-6-5-9-15(21)19(23)24/h2-4,7-8,15H,5-6,9-12H2,1H3,(H,23,24)/t15-/m0/s1. The number of oxazole rings is 1. The number of likely N-dealkylation sites (tertiary alicyclic amines) is 1. The van der Waals surface area contributed by atoms with Crippen molar-refractivity contribution in [3.8, 4) is 11.3 Å². The van der Waals surface area contributed by atoms with Crippen LogP contribution in [0.4, 0.5) is 0 Å². The lowest BCUT2D eigenvalue weighted by atomic mass is 10.0. The maximum absolute atomic E-state index is 12.4. The van der Waals surface area contributed by atoms with E-state index in [1.54, 1.807) is 0 Å². The number of nitrogens with zero attached hydrogens (tertiary/aromatic N) is 2.